The van der Waals surface area contributed by atoms with Gasteiger partial charge in [-0.15, -0.1) is 0 Å². The molecule has 2 aliphatic rings. The van der Waals surface area contributed by atoms with Gasteiger partial charge >= 0.3 is 0 Å². The number of anilines is 1. The lowest BCUT2D eigenvalue weighted by atomic mass is 10.0. The Balaban J connectivity index is 1.73. The maximum absolute atomic E-state index is 11.2. The largest absolute Gasteiger partial charge is 0.491 e. The van der Waals surface area contributed by atoms with Crippen molar-refractivity contribution in [2.75, 3.05) is 18.5 Å². The normalized spacial score (nSPS) is 22.2. The lowest BCUT2D eigenvalue weighted by Crippen LogP contribution is -2.18. The summed E-state index contributed by atoms with van der Waals surface area (Å²) >= 11 is 0. The highest BCUT2D eigenvalue weighted by atomic mass is 16.6. The fourth-order valence-corrected chi connectivity index (χ4v) is 1.80. The van der Waals surface area contributed by atoms with Crippen LogP contribution in [-0.2, 0) is 16.0 Å². The minimum atomic E-state index is 0.0903. The monoisotopic (exact) mass is 219 g/mol. The predicted octanol–water partition coefficient (Wildman–Crippen LogP) is 1.35. The summed E-state index contributed by atoms with van der Waals surface area (Å²) < 4.78 is 10.7. The molecule has 84 valence electrons. The molecule has 0 saturated carbocycles. The second-order valence-electron chi connectivity index (χ2n) is 4.13. The number of epoxide rings is 1. The number of fused-ring (bicyclic) bond motifs is 1. The van der Waals surface area contributed by atoms with Gasteiger partial charge in [-0.05, 0) is 30.2 Å². The molecule has 0 radical (unpaired) electrons. The van der Waals surface area contributed by atoms with Crippen molar-refractivity contribution in [3.8, 4) is 5.75 Å². The maximum Gasteiger partial charge on any atom is 0.224 e. The molecule has 4 nitrogen and oxygen atoms in total. The Morgan fingerprint density at radius 1 is 1.44 bits per heavy atom. The van der Waals surface area contributed by atoms with Gasteiger partial charge in [0.05, 0.1) is 6.61 Å². The fourth-order valence-electron chi connectivity index (χ4n) is 1.80. The summed E-state index contributed by atoms with van der Waals surface area (Å²) in [6.07, 6.45) is 1.62. The summed E-state index contributed by atoms with van der Waals surface area (Å²) in [5.41, 5.74) is 2.06. The Labute approximate surface area is 93.5 Å². The molecule has 0 aromatic heterocycles. The minimum absolute atomic E-state index is 0.0903. The van der Waals surface area contributed by atoms with Crippen LogP contribution in [0.2, 0.25) is 0 Å². The van der Waals surface area contributed by atoms with E-state index < -0.39 is 0 Å². The van der Waals surface area contributed by atoms with Crippen LogP contribution in [-0.4, -0.2) is 25.2 Å². The maximum atomic E-state index is 11.2. The van der Waals surface area contributed by atoms with Crippen LogP contribution in [0.4, 0.5) is 5.69 Å². The number of carbonyl (C=O) groups excluding carboxylic acids is 1. The third kappa shape index (κ3) is 2.02. The van der Waals surface area contributed by atoms with E-state index in [1.807, 2.05) is 18.2 Å². The number of rotatable bonds is 3. The molecule has 1 fully saturated rings. The van der Waals surface area contributed by atoms with Crippen LogP contribution in [0, 0.1) is 0 Å². The lowest BCUT2D eigenvalue weighted by Gasteiger charge is -2.17. The van der Waals surface area contributed by atoms with Crippen molar-refractivity contribution in [2.24, 2.45) is 0 Å². The standard InChI is InChI=1S/C12H13NO3/c14-12-4-1-8-5-9(2-3-11(8)13-12)15-6-10-7-16-10/h2-3,5,10H,1,4,6-7H2,(H,13,14)/t10-/m0/s1. The average molecular weight is 219 g/mol. The summed E-state index contributed by atoms with van der Waals surface area (Å²) in [4.78, 5) is 11.2. The van der Waals surface area contributed by atoms with Gasteiger partial charge in [0.25, 0.3) is 0 Å². The summed E-state index contributed by atoms with van der Waals surface area (Å²) in [5.74, 6) is 0.943. The minimum Gasteiger partial charge on any atom is -0.491 e. The van der Waals surface area contributed by atoms with Crippen LogP contribution in [0.15, 0.2) is 18.2 Å². The van der Waals surface area contributed by atoms with Crippen molar-refractivity contribution in [2.45, 2.75) is 18.9 Å². The van der Waals surface area contributed by atoms with Gasteiger partial charge in [0.1, 0.15) is 18.5 Å². The van der Waals surface area contributed by atoms with E-state index in [0.29, 0.717) is 13.0 Å². The van der Waals surface area contributed by atoms with E-state index in [9.17, 15) is 4.79 Å². The Morgan fingerprint density at radius 2 is 2.31 bits per heavy atom. The summed E-state index contributed by atoms with van der Waals surface area (Å²) in [5, 5.41) is 2.85. The number of amides is 1. The third-order valence-electron chi connectivity index (χ3n) is 2.81. The molecular weight excluding hydrogens is 206 g/mol. The first-order valence-electron chi connectivity index (χ1n) is 5.48. The second kappa shape index (κ2) is 3.79. The molecule has 4 heteroatoms. The van der Waals surface area contributed by atoms with Crippen molar-refractivity contribution in [3.63, 3.8) is 0 Å². The first kappa shape index (κ1) is 9.66. The second-order valence-corrected chi connectivity index (χ2v) is 4.13. The van der Waals surface area contributed by atoms with Crippen LogP contribution in [0.1, 0.15) is 12.0 Å². The SMILES string of the molecule is O=C1CCc2cc(OC[C@H]3CO3)ccc2N1. The van der Waals surface area contributed by atoms with E-state index in [4.69, 9.17) is 9.47 Å². The number of hydrogen-bond acceptors (Lipinski definition) is 3. The first-order chi connectivity index (χ1) is 7.81. The third-order valence-corrected chi connectivity index (χ3v) is 2.81. The molecule has 0 unspecified atom stereocenters. The van der Waals surface area contributed by atoms with Crippen molar-refractivity contribution < 1.29 is 14.3 Å². The molecule has 0 bridgehead atoms. The van der Waals surface area contributed by atoms with Gasteiger partial charge < -0.3 is 14.8 Å². The highest BCUT2D eigenvalue weighted by Gasteiger charge is 2.23. The molecule has 1 aromatic carbocycles. The van der Waals surface area contributed by atoms with Crippen molar-refractivity contribution in [1.29, 1.82) is 0 Å². The predicted molar refractivity (Wildman–Crippen MR) is 58.6 cm³/mol. The number of ether oxygens (including phenoxy) is 2. The fraction of sp³-hybridized carbons (Fsp3) is 0.417. The molecule has 0 aliphatic carbocycles. The van der Waals surface area contributed by atoms with E-state index in [1.165, 1.54) is 0 Å². The zero-order valence-electron chi connectivity index (χ0n) is 8.86. The van der Waals surface area contributed by atoms with Gasteiger partial charge in [-0.2, -0.15) is 0 Å². The number of aryl methyl sites for hydroxylation is 1. The van der Waals surface area contributed by atoms with Crippen molar-refractivity contribution in [1.82, 2.24) is 0 Å². The van der Waals surface area contributed by atoms with Gasteiger partial charge in [0.15, 0.2) is 0 Å². The molecular formula is C12H13NO3. The van der Waals surface area contributed by atoms with Crippen molar-refractivity contribution >= 4 is 11.6 Å². The Hall–Kier alpha value is -1.55. The van der Waals surface area contributed by atoms with Crippen LogP contribution < -0.4 is 10.1 Å². The van der Waals surface area contributed by atoms with E-state index >= 15 is 0 Å². The zero-order chi connectivity index (χ0) is 11.0. The number of nitrogens with one attached hydrogen (secondary N) is 1. The lowest BCUT2D eigenvalue weighted by molar-refractivity contribution is -0.116. The Bertz CT molecular complexity index is 426. The van der Waals surface area contributed by atoms with Crippen LogP contribution in [0.5, 0.6) is 5.75 Å². The molecule has 1 N–H and O–H groups in total. The molecule has 1 saturated heterocycles. The molecule has 16 heavy (non-hydrogen) atoms. The zero-order valence-corrected chi connectivity index (χ0v) is 8.86. The molecule has 1 aromatic rings. The molecule has 2 aliphatic heterocycles. The number of hydrogen-bond donors (Lipinski definition) is 1. The highest BCUT2D eigenvalue weighted by Crippen LogP contribution is 2.27. The van der Waals surface area contributed by atoms with Gasteiger partial charge in [-0.25, -0.2) is 0 Å². The van der Waals surface area contributed by atoms with Gasteiger partial charge in [-0.1, -0.05) is 0 Å². The molecule has 3 rings (SSSR count). The average Bonchev–Trinajstić information content (AvgIpc) is 3.10. The van der Waals surface area contributed by atoms with E-state index in [2.05, 4.69) is 5.32 Å². The summed E-state index contributed by atoms with van der Waals surface area (Å²) in [7, 11) is 0. The molecule has 0 spiro atoms. The molecule has 1 atom stereocenters. The smallest absolute Gasteiger partial charge is 0.224 e. The van der Waals surface area contributed by atoms with E-state index in [1.54, 1.807) is 0 Å². The van der Waals surface area contributed by atoms with Gasteiger partial charge in [0, 0.05) is 12.1 Å². The first-order valence-corrected chi connectivity index (χ1v) is 5.48. The highest BCUT2D eigenvalue weighted by molar-refractivity contribution is 5.93. The quantitative estimate of drug-likeness (QED) is 0.781. The molecule has 1 amide bonds. The molecule has 2 heterocycles. The van der Waals surface area contributed by atoms with Crippen LogP contribution in [0.3, 0.4) is 0 Å². The number of benzene rings is 1. The van der Waals surface area contributed by atoms with E-state index in [-0.39, 0.29) is 12.0 Å². The van der Waals surface area contributed by atoms with Gasteiger partial charge in [0.2, 0.25) is 5.91 Å². The summed E-state index contributed by atoms with van der Waals surface area (Å²) in [6.45, 7) is 1.42. The van der Waals surface area contributed by atoms with Gasteiger partial charge in [-0.3, -0.25) is 4.79 Å². The van der Waals surface area contributed by atoms with Crippen molar-refractivity contribution in [3.05, 3.63) is 23.8 Å². The Morgan fingerprint density at radius 3 is 3.12 bits per heavy atom. The van der Waals surface area contributed by atoms with Crippen LogP contribution >= 0.6 is 0 Å². The summed E-state index contributed by atoms with van der Waals surface area (Å²) in [6, 6.07) is 5.78. The number of carbonyl (C=O) groups is 1. The van der Waals surface area contributed by atoms with E-state index in [0.717, 1.165) is 30.0 Å². The van der Waals surface area contributed by atoms with Crippen LogP contribution in [0.25, 0.3) is 0 Å². The topological polar surface area (TPSA) is 50.9 Å². The Kier molecular flexibility index (Phi) is 2.29.